The van der Waals surface area contributed by atoms with Crippen molar-refractivity contribution in [1.29, 1.82) is 5.26 Å². The van der Waals surface area contributed by atoms with Crippen LogP contribution >= 0.6 is 23.2 Å². The number of methoxy groups -OCH3 is 1. The summed E-state index contributed by atoms with van der Waals surface area (Å²) in [5.41, 5.74) is 1.21. The van der Waals surface area contributed by atoms with Crippen LogP contribution in [0.1, 0.15) is 29.1 Å². The fourth-order valence-electron chi connectivity index (χ4n) is 4.92. The summed E-state index contributed by atoms with van der Waals surface area (Å²) in [5.74, 6) is 0.427. The van der Waals surface area contributed by atoms with Gasteiger partial charge in [-0.3, -0.25) is 4.90 Å². The van der Waals surface area contributed by atoms with E-state index in [2.05, 4.69) is 16.0 Å². The molecule has 0 fully saturated rings. The Morgan fingerprint density at radius 3 is 2.62 bits per heavy atom. The van der Waals surface area contributed by atoms with Crippen LogP contribution in [0.2, 0.25) is 10.2 Å². The number of aliphatic hydroxyl groups is 1. The molecule has 1 aliphatic carbocycles. The lowest BCUT2D eigenvalue weighted by Crippen LogP contribution is -2.42. The number of halogens is 2. The van der Waals surface area contributed by atoms with E-state index in [-0.39, 0.29) is 29.5 Å². The van der Waals surface area contributed by atoms with Crippen molar-refractivity contribution in [3.8, 4) is 34.2 Å². The SMILES string of the molecule is COc1c(-c2cc(Cl)ccc2C#N)c[n+]([O-])c2c1CCC2(O)c1nc(-c2ccc(N(C)C(=O)O)cc2)c(Cl)[nH]1. The Bertz CT molecular complexity index is 1660. The molecule has 2 aromatic carbocycles. The molecule has 4 aromatic rings. The van der Waals surface area contributed by atoms with Gasteiger partial charge < -0.3 is 25.1 Å². The smallest absolute Gasteiger partial charge is 0.411 e. The zero-order chi connectivity index (χ0) is 28.1. The van der Waals surface area contributed by atoms with E-state index in [9.17, 15) is 25.5 Å². The summed E-state index contributed by atoms with van der Waals surface area (Å²) in [4.78, 5) is 19.7. The number of nitriles is 1. The van der Waals surface area contributed by atoms with Gasteiger partial charge in [-0.1, -0.05) is 35.3 Å². The molecule has 1 atom stereocenters. The van der Waals surface area contributed by atoms with Crippen LogP contribution in [0, 0.1) is 16.5 Å². The zero-order valence-corrected chi connectivity index (χ0v) is 22.2. The zero-order valence-electron chi connectivity index (χ0n) is 20.7. The molecule has 10 nitrogen and oxygen atoms in total. The summed E-state index contributed by atoms with van der Waals surface area (Å²) < 4.78 is 6.26. The Kier molecular flexibility index (Phi) is 6.60. The first-order valence-electron chi connectivity index (χ1n) is 11.7. The monoisotopic (exact) mass is 565 g/mol. The van der Waals surface area contributed by atoms with Crippen molar-refractivity contribution in [2.75, 3.05) is 19.1 Å². The summed E-state index contributed by atoms with van der Waals surface area (Å²) in [6, 6.07) is 13.4. The van der Waals surface area contributed by atoms with Gasteiger partial charge in [-0.15, -0.1) is 0 Å². The van der Waals surface area contributed by atoms with E-state index in [1.54, 1.807) is 42.5 Å². The number of carbonyl (C=O) groups is 1. The number of ether oxygens (including phenoxy) is 1. The molecule has 0 aliphatic heterocycles. The number of hydrogen-bond acceptors (Lipinski definition) is 6. The number of pyridine rings is 1. The molecule has 2 aromatic heterocycles. The highest BCUT2D eigenvalue weighted by molar-refractivity contribution is 6.32. The first-order chi connectivity index (χ1) is 18.6. The molecule has 0 spiro atoms. The van der Waals surface area contributed by atoms with Crippen molar-refractivity contribution in [3.63, 3.8) is 0 Å². The molecule has 5 rings (SSSR count). The van der Waals surface area contributed by atoms with E-state index >= 15 is 0 Å². The van der Waals surface area contributed by atoms with Gasteiger partial charge in [0.15, 0.2) is 12.0 Å². The van der Waals surface area contributed by atoms with Crippen LogP contribution in [0.15, 0.2) is 48.7 Å². The first kappa shape index (κ1) is 26.3. The van der Waals surface area contributed by atoms with Crippen LogP contribution in [-0.4, -0.2) is 40.4 Å². The molecule has 39 heavy (non-hydrogen) atoms. The molecule has 12 heteroatoms. The van der Waals surface area contributed by atoms with Gasteiger partial charge in [-0.25, -0.2) is 9.78 Å². The van der Waals surface area contributed by atoms with Gasteiger partial charge in [0, 0.05) is 28.9 Å². The lowest BCUT2D eigenvalue weighted by molar-refractivity contribution is -0.620. The first-order valence-corrected chi connectivity index (χ1v) is 12.4. The van der Waals surface area contributed by atoms with Crippen LogP contribution in [0.5, 0.6) is 5.75 Å². The number of carboxylic acid groups (broad SMARTS) is 1. The maximum Gasteiger partial charge on any atom is 0.411 e. The number of nitrogens with one attached hydrogen (secondary N) is 1. The van der Waals surface area contributed by atoms with Crippen molar-refractivity contribution in [3.05, 3.63) is 86.7 Å². The third-order valence-electron chi connectivity index (χ3n) is 6.86. The molecule has 1 aliphatic rings. The lowest BCUT2D eigenvalue weighted by atomic mass is 9.96. The maximum absolute atomic E-state index is 13.4. The molecule has 0 bridgehead atoms. The number of imidazole rings is 1. The van der Waals surface area contributed by atoms with Gasteiger partial charge in [0.2, 0.25) is 11.3 Å². The molecular formula is C27H21Cl2N5O5. The molecule has 198 valence electrons. The lowest BCUT2D eigenvalue weighted by Gasteiger charge is -2.21. The summed E-state index contributed by atoms with van der Waals surface area (Å²) in [6.07, 6.45) is 0.561. The highest BCUT2D eigenvalue weighted by atomic mass is 35.5. The summed E-state index contributed by atoms with van der Waals surface area (Å²) >= 11 is 12.6. The molecule has 1 amide bonds. The Hall–Kier alpha value is -4.30. The Labute approximate surface area is 232 Å². The van der Waals surface area contributed by atoms with Crippen molar-refractivity contribution < 1.29 is 24.5 Å². The molecule has 3 N–H and O–H groups in total. The normalized spacial score (nSPS) is 16.0. The largest absolute Gasteiger partial charge is 0.618 e. The summed E-state index contributed by atoms with van der Waals surface area (Å²) in [7, 11) is 2.88. The highest BCUT2D eigenvalue weighted by Crippen LogP contribution is 2.47. The average molecular weight is 566 g/mol. The van der Waals surface area contributed by atoms with Gasteiger partial charge in [-0.2, -0.15) is 9.99 Å². The van der Waals surface area contributed by atoms with Crippen LogP contribution in [-0.2, 0) is 12.0 Å². The second-order valence-electron chi connectivity index (χ2n) is 9.03. The van der Waals surface area contributed by atoms with Crippen molar-refractivity contribution in [1.82, 2.24) is 9.97 Å². The number of benzene rings is 2. The van der Waals surface area contributed by atoms with Crippen LogP contribution < -0.4 is 14.4 Å². The Balaban J connectivity index is 1.59. The minimum absolute atomic E-state index is 0.0408. The predicted molar refractivity (Wildman–Crippen MR) is 144 cm³/mol. The number of rotatable bonds is 5. The fourth-order valence-corrected chi connectivity index (χ4v) is 5.33. The average Bonchev–Trinajstić information content (AvgIpc) is 3.49. The number of fused-ring (bicyclic) bond motifs is 1. The molecule has 2 heterocycles. The molecular weight excluding hydrogens is 545 g/mol. The van der Waals surface area contributed by atoms with Gasteiger partial charge in [-0.05, 0) is 43.2 Å². The second kappa shape index (κ2) is 9.78. The number of aromatic amines is 1. The summed E-state index contributed by atoms with van der Waals surface area (Å²) in [6.45, 7) is 0. The number of amides is 1. The van der Waals surface area contributed by atoms with Crippen LogP contribution in [0.25, 0.3) is 22.4 Å². The van der Waals surface area contributed by atoms with Crippen LogP contribution in [0.4, 0.5) is 10.5 Å². The van der Waals surface area contributed by atoms with Crippen LogP contribution in [0.3, 0.4) is 0 Å². The predicted octanol–water partition coefficient (Wildman–Crippen LogP) is 4.86. The molecule has 0 radical (unpaired) electrons. The topological polar surface area (TPSA) is 149 Å². The quantitative estimate of drug-likeness (QED) is 0.231. The van der Waals surface area contributed by atoms with Gasteiger partial charge in [0.1, 0.15) is 16.6 Å². The highest BCUT2D eigenvalue weighted by Gasteiger charge is 2.50. The van der Waals surface area contributed by atoms with E-state index in [1.807, 2.05) is 0 Å². The molecule has 0 saturated carbocycles. The van der Waals surface area contributed by atoms with Crippen molar-refractivity contribution in [2.45, 2.75) is 18.4 Å². The molecule has 1 unspecified atom stereocenters. The number of aromatic nitrogens is 3. The standard InChI is InChI=1S/C27H21Cl2N5O5/c1-33(26(35)36)17-7-4-14(5-8-17)21-24(29)32-25(31-21)27(37)10-9-18-22(39-2)20(13-34(38)23(18)27)19-11-16(28)6-3-15(19)12-30/h3-8,11,13,37H,9-10H2,1-2H3,(H,31,32)(H,35,36). The Morgan fingerprint density at radius 1 is 1.26 bits per heavy atom. The maximum atomic E-state index is 13.4. The van der Waals surface area contributed by atoms with Crippen molar-refractivity contribution in [2.24, 2.45) is 0 Å². The Morgan fingerprint density at radius 2 is 1.97 bits per heavy atom. The second-order valence-corrected chi connectivity index (χ2v) is 9.84. The fraction of sp³-hybridized carbons (Fsp3) is 0.185. The molecule has 0 saturated heterocycles. The number of H-pyrrole nitrogens is 1. The van der Waals surface area contributed by atoms with Gasteiger partial charge in [0.05, 0.1) is 29.9 Å². The third-order valence-corrected chi connectivity index (χ3v) is 7.37. The number of anilines is 1. The number of hydrogen-bond donors (Lipinski definition) is 3. The third kappa shape index (κ3) is 4.30. The number of nitrogens with zero attached hydrogens (tertiary/aromatic N) is 4. The minimum Gasteiger partial charge on any atom is -0.618 e. The van der Waals surface area contributed by atoms with E-state index < -0.39 is 11.7 Å². The van der Waals surface area contributed by atoms with Gasteiger partial charge in [0.25, 0.3) is 0 Å². The van der Waals surface area contributed by atoms with Crippen molar-refractivity contribution >= 4 is 35.0 Å². The van der Waals surface area contributed by atoms with E-state index in [4.69, 9.17) is 27.9 Å². The van der Waals surface area contributed by atoms with E-state index in [0.717, 1.165) is 4.90 Å². The minimum atomic E-state index is -1.80. The summed E-state index contributed by atoms with van der Waals surface area (Å²) in [5, 5.41) is 44.6. The van der Waals surface area contributed by atoms with E-state index in [1.165, 1.54) is 20.4 Å². The van der Waals surface area contributed by atoms with E-state index in [0.29, 0.717) is 54.7 Å². The van der Waals surface area contributed by atoms with Gasteiger partial charge >= 0.3 is 6.09 Å².